The summed E-state index contributed by atoms with van der Waals surface area (Å²) in [5.41, 5.74) is 0.957. The van der Waals surface area contributed by atoms with E-state index in [4.69, 9.17) is 0 Å². The average Bonchev–Trinajstić information content (AvgIpc) is 2.86. The van der Waals surface area contributed by atoms with Gasteiger partial charge in [0.05, 0.1) is 0 Å². The molecule has 0 heterocycles. The molecule has 0 aromatic heterocycles. The molecule has 1 aliphatic carbocycles. The summed E-state index contributed by atoms with van der Waals surface area (Å²) in [4.78, 5) is 0. The summed E-state index contributed by atoms with van der Waals surface area (Å²) in [5.74, 6) is -1.20. The zero-order valence-corrected chi connectivity index (χ0v) is 9.85. The van der Waals surface area contributed by atoms with E-state index < -0.39 is 11.6 Å². The highest BCUT2D eigenvalue weighted by atomic mass is 19.2. The molecule has 0 spiro atoms. The van der Waals surface area contributed by atoms with Gasteiger partial charge in [-0.15, -0.1) is 0 Å². The molecule has 1 fully saturated rings. The van der Waals surface area contributed by atoms with Gasteiger partial charge < -0.3 is 5.32 Å². The van der Waals surface area contributed by atoms with E-state index in [2.05, 4.69) is 26.1 Å². The Bertz CT molecular complexity index is 395. The zero-order valence-electron chi connectivity index (χ0n) is 9.85. The fourth-order valence-corrected chi connectivity index (χ4v) is 2.02. The van der Waals surface area contributed by atoms with Crippen molar-refractivity contribution in [2.75, 3.05) is 0 Å². The summed E-state index contributed by atoms with van der Waals surface area (Å²) < 4.78 is 25.8. The minimum absolute atomic E-state index is 0.0675. The van der Waals surface area contributed by atoms with Gasteiger partial charge in [-0.25, -0.2) is 8.78 Å². The lowest BCUT2D eigenvalue weighted by atomic mass is 10.1. The van der Waals surface area contributed by atoms with Crippen LogP contribution in [0.2, 0.25) is 0 Å². The number of benzene rings is 1. The first kappa shape index (κ1) is 11.5. The van der Waals surface area contributed by atoms with Crippen molar-refractivity contribution in [3.63, 3.8) is 0 Å². The topological polar surface area (TPSA) is 12.0 Å². The molecule has 2 atom stereocenters. The van der Waals surface area contributed by atoms with Gasteiger partial charge in [0.25, 0.3) is 0 Å². The van der Waals surface area contributed by atoms with Gasteiger partial charge in [0.1, 0.15) is 0 Å². The van der Waals surface area contributed by atoms with Gasteiger partial charge in [0.2, 0.25) is 0 Å². The summed E-state index contributed by atoms with van der Waals surface area (Å²) >= 11 is 0. The molecule has 1 N–H and O–H groups in total. The maximum Gasteiger partial charge on any atom is 0.159 e. The van der Waals surface area contributed by atoms with Crippen LogP contribution in [0, 0.1) is 11.6 Å². The molecule has 0 radical (unpaired) electrons. The summed E-state index contributed by atoms with van der Waals surface area (Å²) in [6.07, 6.45) is 1.00. The predicted molar refractivity (Wildman–Crippen MR) is 60.4 cm³/mol. The van der Waals surface area contributed by atoms with Crippen LogP contribution in [0.25, 0.3) is 0 Å². The van der Waals surface area contributed by atoms with Crippen LogP contribution in [0.5, 0.6) is 0 Å². The lowest BCUT2D eigenvalue weighted by molar-refractivity contribution is 0.418. The highest BCUT2D eigenvalue weighted by Crippen LogP contribution is 2.42. The van der Waals surface area contributed by atoms with Crippen LogP contribution in [0.4, 0.5) is 8.78 Å². The van der Waals surface area contributed by atoms with Crippen molar-refractivity contribution in [2.24, 2.45) is 0 Å². The van der Waals surface area contributed by atoms with Gasteiger partial charge in [-0.2, -0.15) is 0 Å². The van der Waals surface area contributed by atoms with Crippen molar-refractivity contribution in [3.8, 4) is 0 Å². The third kappa shape index (κ3) is 2.59. The van der Waals surface area contributed by atoms with E-state index in [1.54, 1.807) is 6.07 Å². The van der Waals surface area contributed by atoms with Crippen LogP contribution in [-0.2, 0) is 0 Å². The van der Waals surface area contributed by atoms with Gasteiger partial charge in [0, 0.05) is 17.5 Å². The Morgan fingerprint density at radius 2 is 1.88 bits per heavy atom. The van der Waals surface area contributed by atoms with E-state index in [1.165, 1.54) is 12.1 Å². The Morgan fingerprint density at radius 1 is 1.19 bits per heavy atom. The second-order valence-corrected chi connectivity index (χ2v) is 5.52. The molecule has 2 unspecified atom stereocenters. The van der Waals surface area contributed by atoms with Crippen molar-refractivity contribution >= 4 is 0 Å². The maximum atomic E-state index is 13.0. The van der Waals surface area contributed by atoms with Crippen LogP contribution >= 0.6 is 0 Å². The second-order valence-electron chi connectivity index (χ2n) is 5.52. The molecule has 3 heteroatoms. The van der Waals surface area contributed by atoms with E-state index in [-0.39, 0.29) is 5.54 Å². The van der Waals surface area contributed by atoms with Crippen molar-refractivity contribution in [1.29, 1.82) is 0 Å². The third-order valence-corrected chi connectivity index (χ3v) is 2.78. The molecule has 0 saturated heterocycles. The minimum Gasteiger partial charge on any atom is -0.309 e. The monoisotopic (exact) mass is 225 g/mol. The number of hydrogen-bond acceptors (Lipinski definition) is 1. The zero-order chi connectivity index (χ0) is 11.9. The van der Waals surface area contributed by atoms with Gasteiger partial charge in [-0.05, 0) is 44.9 Å². The molecule has 2 rings (SSSR count). The van der Waals surface area contributed by atoms with E-state index in [9.17, 15) is 8.78 Å². The van der Waals surface area contributed by atoms with Gasteiger partial charge in [0.15, 0.2) is 11.6 Å². The van der Waals surface area contributed by atoms with E-state index >= 15 is 0 Å². The standard InChI is InChI=1S/C13H17F2N/c1-13(2,3)16-12-7-9(12)8-4-5-10(14)11(15)6-8/h4-6,9,12,16H,7H2,1-3H3. The van der Waals surface area contributed by atoms with Crippen LogP contribution < -0.4 is 5.32 Å². The fourth-order valence-electron chi connectivity index (χ4n) is 2.02. The van der Waals surface area contributed by atoms with E-state index in [1.807, 2.05) is 0 Å². The first-order valence-corrected chi connectivity index (χ1v) is 5.59. The Hall–Kier alpha value is -0.960. The third-order valence-electron chi connectivity index (χ3n) is 2.78. The molecule has 88 valence electrons. The Morgan fingerprint density at radius 3 is 2.44 bits per heavy atom. The maximum absolute atomic E-state index is 13.0. The number of halogens is 2. The van der Waals surface area contributed by atoms with Crippen LogP contribution in [0.3, 0.4) is 0 Å². The average molecular weight is 225 g/mol. The Kier molecular flexibility index (Phi) is 2.74. The van der Waals surface area contributed by atoms with Crippen molar-refractivity contribution in [2.45, 2.75) is 44.7 Å². The number of hydrogen-bond donors (Lipinski definition) is 1. The van der Waals surface area contributed by atoms with Gasteiger partial charge in [-0.1, -0.05) is 6.07 Å². The van der Waals surface area contributed by atoms with Crippen LogP contribution in [0.1, 0.15) is 38.7 Å². The molecule has 1 aromatic rings. The smallest absolute Gasteiger partial charge is 0.159 e. The first-order chi connectivity index (χ1) is 7.37. The quantitative estimate of drug-likeness (QED) is 0.815. The normalized spacial score (nSPS) is 24.6. The molecule has 16 heavy (non-hydrogen) atoms. The molecular formula is C13H17F2N. The van der Waals surface area contributed by atoms with E-state index in [0.29, 0.717) is 12.0 Å². The van der Waals surface area contributed by atoms with Crippen LogP contribution in [-0.4, -0.2) is 11.6 Å². The lowest BCUT2D eigenvalue weighted by Gasteiger charge is -2.20. The molecule has 1 aliphatic rings. The molecule has 0 bridgehead atoms. The summed E-state index contributed by atoms with van der Waals surface area (Å²) in [6.45, 7) is 6.31. The SMILES string of the molecule is CC(C)(C)NC1CC1c1ccc(F)c(F)c1. The Balaban J connectivity index is 2.03. The second kappa shape index (κ2) is 3.81. The number of rotatable bonds is 2. The molecular weight excluding hydrogens is 208 g/mol. The Labute approximate surface area is 94.9 Å². The molecule has 1 nitrogen and oxygen atoms in total. The van der Waals surface area contributed by atoms with Crippen molar-refractivity contribution < 1.29 is 8.78 Å². The molecule has 1 aromatic carbocycles. The lowest BCUT2D eigenvalue weighted by Crippen LogP contribution is -2.38. The van der Waals surface area contributed by atoms with Gasteiger partial charge in [-0.3, -0.25) is 0 Å². The molecule has 0 aliphatic heterocycles. The summed E-state index contributed by atoms with van der Waals surface area (Å²) in [6, 6.07) is 4.58. The van der Waals surface area contributed by atoms with Crippen molar-refractivity contribution in [3.05, 3.63) is 35.4 Å². The van der Waals surface area contributed by atoms with E-state index in [0.717, 1.165) is 12.0 Å². The largest absolute Gasteiger partial charge is 0.309 e. The highest BCUT2D eigenvalue weighted by Gasteiger charge is 2.40. The first-order valence-electron chi connectivity index (χ1n) is 5.59. The summed E-state index contributed by atoms with van der Waals surface area (Å²) in [7, 11) is 0. The fraction of sp³-hybridized carbons (Fsp3) is 0.538. The summed E-state index contributed by atoms with van der Waals surface area (Å²) in [5, 5.41) is 3.46. The van der Waals surface area contributed by atoms with Crippen molar-refractivity contribution in [1.82, 2.24) is 5.32 Å². The van der Waals surface area contributed by atoms with Crippen LogP contribution in [0.15, 0.2) is 18.2 Å². The minimum atomic E-state index is -0.773. The predicted octanol–water partition coefficient (Wildman–Crippen LogP) is 3.21. The highest BCUT2D eigenvalue weighted by molar-refractivity contribution is 5.29. The van der Waals surface area contributed by atoms with Gasteiger partial charge >= 0.3 is 0 Å². The molecule has 0 amide bonds. The molecule has 1 saturated carbocycles. The number of nitrogens with one attached hydrogen (secondary N) is 1.